The molecule has 100 valence electrons. The van der Waals surface area contributed by atoms with E-state index in [4.69, 9.17) is 11.5 Å². The van der Waals surface area contributed by atoms with E-state index in [-0.39, 0.29) is 12.0 Å². The highest BCUT2D eigenvalue weighted by molar-refractivity contribution is 5.80. The van der Waals surface area contributed by atoms with Gasteiger partial charge in [0.05, 0.1) is 0 Å². The van der Waals surface area contributed by atoms with E-state index in [1.165, 1.54) is 5.56 Å². The van der Waals surface area contributed by atoms with Gasteiger partial charge in [-0.3, -0.25) is 0 Å². The van der Waals surface area contributed by atoms with Gasteiger partial charge in [-0.2, -0.15) is 0 Å². The number of nitrogens with two attached hydrogens (primary N) is 2. The molecular weight excluding hydrogens is 244 g/mol. The second-order valence-electron chi connectivity index (χ2n) is 5.08. The molecule has 2 heteroatoms. The number of allylic oxidation sites excluding steroid dienone is 1. The maximum absolute atomic E-state index is 6.32. The fraction of sp³-hybridized carbons (Fsp3) is 0.111. The minimum absolute atomic E-state index is 0.0556. The molecule has 0 fully saturated rings. The van der Waals surface area contributed by atoms with Gasteiger partial charge >= 0.3 is 0 Å². The first-order valence-corrected chi connectivity index (χ1v) is 6.81. The van der Waals surface area contributed by atoms with Crippen molar-refractivity contribution < 1.29 is 0 Å². The van der Waals surface area contributed by atoms with E-state index < -0.39 is 0 Å². The van der Waals surface area contributed by atoms with Crippen molar-refractivity contribution in [2.45, 2.75) is 12.0 Å². The standard InChI is InChI=1S/C18H18N2/c19-17-12-16(14-9-5-2-6-10-14)18(20)11-15(17)13-7-3-1-4-8-13/h1-12,15,17H,19-20H2. The van der Waals surface area contributed by atoms with Crippen LogP contribution in [0.25, 0.3) is 5.57 Å². The van der Waals surface area contributed by atoms with Gasteiger partial charge in [0.1, 0.15) is 0 Å². The van der Waals surface area contributed by atoms with Crippen molar-refractivity contribution in [3.05, 3.63) is 89.6 Å². The summed E-state index contributed by atoms with van der Waals surface area (Å²) in [5.74, 6) is 0.142. The lowest BCUT2D eigenvalue weighted by Gasteiger charge is -2.26. The van der Waals surface area contributed by atoms with E-state index in [0.29, 0.717) is 0 Å². The van der Waals surface area contributed by atoms with Crippen molar-refractivity contribution >= 4 is 5.57 Å². The lowest BCUT2D eigenvalue weighted by atomic mass is 9.83. The third-order valence-electron chi connectivity index (χ3n) is 3.71. The Morgan fingerprint density at radius 1 is 0.750 bits per heavy atom. The molecule has 20 heavy (non-hydrogen) atoms. The van der Waals surface area contributed by atoms with Crippen LogP contribution in [0.15, 0.2) is 78.5 Å². The van der Waals surface area contributed by atoms with Crippen molar-refractivity contribution in [2.24, 2.45) is 11.5 Å². The SMILES string of the molecule is NC1=CC(c2ccccc2)C(N)C=C1c1ccccc1. The van der Waals surface area contributed by atoms with Crippen LogP contribution in [0.5, 0.6) is 0 Å². The summed E-state index contributed by atoms with van der Waals surface area (Å²) < 4.78 is 0. The fourth-order valence-electron chi connectivity index (χ4n) is 2.66. The Hall–Kier alpha value is -2.32. The normalized spacial score (nSPS) is 22.1. The molecule has 2 unspecified atom stereocenters. The zero-order valence-electron chi connectivity index (χ0n) is 11.2. The van der Waals surface area contributed by atoms with Crippen LogP contribution in [0, 0.1) is 0 Å². The van der Waals surface area contributed by atoms with Crippen LogP contribution in [0.4, 0.5) is 0 Å². The van der Waals surface area contributed by atoms with Gasteiger partial charge in [-0.1, -0.05) is 72.8 Å². The van der Waals surface area contributed by atoms with Gasteiger partial charge in [-0.25, -0.2) is 0 Å². The summed E-state index contributed by atoms with van der Waals surface area (Å²) in [6.45, 7) is 0. The maximum atomic E-state index is 6.32. The molecule has 1 aliphatic carbocycles. The number of hydrogen-bond donors (Lipinski definition) is 2. The van der Waals surface area contributed by atoms with Gasteiger partial charge in [-0.05, 0) is 11.1 Å². The molecule has 0 spiro atoms. The van der Waals surface area contributed by atoms with Crippen LogP contribution in [-0.2, 0) is 0 Å². The molecule has 0 heterocycles. The number of benzene rings is 2. The van der Waals surface area contributed by atoms with Crippen LogP contribution < -0.4 is 11.5 Å². The van der Waals surface area contributed by atoms with Gasteiger partial charge < -0.3 is 11.5 Å². The van der Waals surface area contributed by atoms with E-state index in [2.05, 4.69) is 36.4 Å². The second kappa shape index (κ2) is 5.35. The number of hydrogen-bond acceptors (Lipinski definition) is 2. The molecule has 0 aliphatic heterocycles. The van der Waals surface area contributed by atoms with Gasteiger partial charge in [-0.15, -0.1) is 0 Å². The number of rotatable bonds is 2. The largest absolute Gasteiger partial charge is 0.398 e. The maximum Gasteiger partial charge on any atom is 0.0357 e. The summed E-state index contributed by atoms with van der Waals surface area (Å²) in [5.41, 5.74) is 16.7. The molecule has 0 bridgehead atoms. The molecule has 0 radical (unpaired) electrons. The van der Waals surface area contributed by atoms with Gasteiger partial charge in [0.15, 0.2) is 0 Å². The van der Waals surface area contributed by atoms with Crippen LogP contribution in [0.3, 0.4) is 0 Å². The molecule has 3 rings (SSSR count). The van der Waals surface area contributed by atoms with E-state index in [0.717, 1.165) is 16.8 Å². The Morgan fingerprint density at radius 2 is 1.35 bits per heavy atom. The summed E-state index contributed by atoms with van der Waals surface area (Å²) in [7, 11) is 0. The molecule has 2 aromatic carbocycles. The monoisotopic (exact) mass is 262 g/mol. The summed E-state index contributed by atoms with van der Waals surface area (Å²) in [6, 6.07) is 20.3. The topological polar surface area (TPSA) is 52.0 Å². The quantitative estimate of drug-likeness (QED) is 0.874. The molecule has 0 amide bonds. The minimum atomic E-state index is -0.0556. The molecule has 1 aliphatic rings. The Kier molecular flexibility index (Phi) is 3.40. The van der Waals surface area contributed by atoms with E-state index in [9.17, 15) is 0 Å². The average Bonchev–Trinajstić information content (AvgIpc) is 2.51. The molecule has 0 saturated heterocycles. The molecule has 0 saturated carbocycles. The minimum Gasteiger partial charge on any atom is -0.398 e. The zero-order chi connectivity index (χ0) is 13.9. The Bertz CT molecular complexity index is 642. The van der Waals surface area contributed by atoms with E-state index in [1.54, 1.807) is 0 Å². The lowest BCUT2D eigenvalue weighted by Crippen LogP contribution is -2.29. The first-order chi connectivity index (χ1) is 9.75. The van der Waals surface area contributed by atoms with Crippen LogP contribution in [-0.4, -0.2) is 6.04 Å². The fourth-order valence-corrected chi connectivity index (χ4v) is 2.66. The van der Waals surface area contributed by atoms with E-state index >= 15 is 0 Å². The molecule has 2 aromatic rings. The summed E-state index contributed by atoms with van der Waals surface area (Å²) in [6.07, 6.45) is 4.14. The predicted molar refractivity (Wildman–Crippen MR) is 83.8 cm³/mol. The van der Waals surface area contributed by atoms with E-state index in [1.807, 2.05) is 36.4 Å². The van der Waals surface area contributed by atoms with Crippen molar-refractivity contribution in [1.82, 2.24) is 0 Å². The molecule has 2 atom stereocenters. The predicted octanol–water partition coefficient (Wildman–Crippen LogP) is 3.04. The van der Waals surface area contributed by atoms with Gasteiger partial charge in [0.2, 0.25) is 0 Å². The van der Waals surface area contributed by atoms with Gasteiger partial charge in [0.25, 0.3) is 0 Å². The first-order valence-electron chi connectivity index (χ1n) is 6.81. The van der Waals surface area contributed by atoms with Crippen LogP contribution in [0.2, 0.25) is 0 Å². The summed E-state index contributed by atoms with van der Waals surface area (Å²) in [5, 5.41) is 0. The highest BCUT2D eigenvalue weighted by atomic mass is 14.7. The zero-order valence-corrected chi connectivity index (χ0v) is 11.2. The molecule has 0 aromatic heterocycles. The molecule has 2 nitrogen and oxygen atoms in total. The first kappa shape index (κ1) is 12.7. The van der Waals surface area contributed by atoms with Crippen molar-refractivity contribution in [3.63, 3.8) is 0 Å². The van der Waals surface area contributed by atoms with Crippen molar-refractivity contribution in [3.8, 4) is 0 Å². The van der Waals surface area contributed by atoms with Crippen molar-refractivity contribution in [2.75, 3.05) is 0 Å². The summed E-state index contributed by atoms with van der Waals surface area (Å²) >= 11 is 0. The Balaban J connectivity index is 1.95. The highest BCUT2D eigenvalue weighted by Crippen LogP contribution is 2.32. The van der Waals surface area contributed by atoms with Gasteiger partial charge in [0, 0.05) is 23.2 Å². The van der Waals surface area contributed by atoms with Crippen molar-refractivity contribution in [1.29, 1.82) is 0 Å². The third kappa shape index (κ3) is 2.38. The smallest absolute Gasteiger partial charge is 0.0357 e. The Morgan fingerprint density at radius 3 is 2.00 bits per heavy atom. The highest BCUT2D eigenvalue weighted by Gasteiger charge is 2.22. The van der Waals surface area contributed by atoms with Crippen LogP contribution in [0.1, 0.15) is 17.0 Å². The molecule has 4 N–H and O–H groups in total. The molecular formula is C18H18N2. The average molecular weight is 262 g/mol. The lowest BCUT2D eigenvalue weighted by molar-refractivity contribution is 0.710. The third-order valence-corrected chi connectivity index (χ3v) is 3.71. The second-order valence-corrected chi connectivity index (χ2v) is 5.08. The summed E-state index contributed by atoms with van der Waals surface area (Å²) in [4.78, 5) is 0. The Labute approximate surface area is 119 Å². The van der Waals surface area contributed by atoms with Crippen LogP contribution >= 0.6 is 0 Å².